The lowest BCUT2D eigenvalue weighted by molar-refractivity contribution is 0.679. The fourth-order valence-corrected chi connectivity index (χ4v) is 2.14. The lowest BCUT2D eigenvalue weighted by Crippen LogP contribution is -1.97. The summed E-state index contributed by atoms with van der Waals surface area (Å²) >= 11 is 0. The Morgan fingerprint density at radius 2 is 2.07 bits per heavy atom. The first kappa shape index (κ1) is 11.0. The zero-order valence-corrected chi connectivity index (χ0v) is 9.30. The highest BCUT2D eigenvalue weighted by molar-refractivity contribution is 7.91. The van der Waals surface area contributed by atoms with E-state index in [1.54, 1.807) is 6.07 Å². The SMILES string of the molecule is CC/C=C\c1ccccc1S(C)(=N)=O. The van der Waals surface area contributed by atoms with Crippen LogP contribution in [0.4, 0.5) is 0 Å². The molecule has 3 heteroatoms. The van der Waals surface area contributed by atoms with Gasteiger partial charge in [0.1, 0.15) is 0 Å². The molecule has 0 aliphatic rings. The second-order valence-electron chi connectivity index (χ2n) is 3.19. The molecule has 0 spiro atoms. The Hall–Kier alpha value is -1.09. The Labute approximate surface area is 85.6 Å². The summed E-state index contributed by atoms with van der Waals surface area (Å²) in [5.74, 6) is 0. The normalized spacial score (nSPS) is 15.6. The monoisotopic (exact) mass is 209 g/mol. The number of hydrogen-bond acceptors (Lipinski definition) is 2. The molecule has 76 valence electrons. The first-order chi connectivity index (χ1) is 6.55. The van der Waals surface area contributed by atoms with Crippen LogP contribution in [0.3, 0.4) is 0 Å². The molecule has 0 aliphatic carbocycles. The molecule has 14 heavy (non-hydrogen) atoms. The van der Waals surface area contributed by atoms with E-state index in [9.17, 15) is 4.21 Å². The van der Waals surface area contributed by atoms with E-state index in [0.29, 0.717) is 4.90 Å². The second kappa shape index (κ2) is 4.42. The van der Waals surface area contributed by atoms with Crippen molar-refractivity contribution >= 4 is 15.8 Å². The Bertz CT molecular complexity index is 432. The lowest BCUT2D eigenvalue weighted by Gasteiger charge is -2.04. The predicted octanol–water partition coefficient (Wildman–Crippen LogP) is 3.15. The van der Waals surface area contributed by atoms with Crippen LogP contribution in [0, 0.1) is 4.78 Å². The fraction of sp³-hybridized carbons (Fsp3) is 0.273. The molecule has 1 N–H and O–H groups in total. The first-order valence-corrected chi connectivity index (χ1v) is 6.51. The topological polar surface area (TPSA) is 40.9 Å². The fourth-order valence-electron chi connectivity index (χ4n) is 1.22. The highest BCUT2D eigenvalue weighted by atomic mass is 32.2. The van der Waals surface area contributed by atoms with Crippen LogP contribution < -0.4 is 0 Å². The van der Waals surface area contributed by atoms with Crippen molar-refractivity contribution in [2.45, 2.75) is 18.2 Å². The van der Waals surface area contributed by atoms with Gasteiger partial charge in [0.25, 0.3) is 0 Å². The van der Waals surface area contributed by atoms with E-state index < -0.39 is 9.73 Å². The molecule has 0 saturated heterocycles. The van der Waals surface area contributed by atoms with Crippen molar-refractivity contribution in [2.75, 3.05) is 6.26 Å². The standard InChI is InChI=1S/C11H15NOS/c1-3-4-7-10-8-5-6-9-11(10)14(2,12)13/h4-9,12H,3H2,1-2H3/b7-4-. The Morgan fingerprint density at radius 3 is 2.64 bits per heavy atom. The quantitative estimate of drug-likeness (QED) is 0.816. The highest BCUT2D eigenvalue weighted by Crippen LogP contribution is 2.17. The van der Waals surface area contributed by atoms with Gasteiger partial charge in [-0.1, -0.05) is 37.3 Å². The van der Waals surface area contributed by atoms with Crippen molar-refractivity contribution in [3.8, 4) is 0 Å². The van der Waals surface area contributed by atoms with Crippen LogP contribution >= 0.6 is 0 Å². The van der Waals surface area contributed by atoms with Crippen molar-refractivity contribution in [2.24, 2.45) is 0 Å². The van der Waals surface area contributed by atoms with Crippen LogP contribution in [0.15, 0.2) is 35.2 Å². The molecule has 0 radical (unpaired) electrons. The summed E-state index contributed by atoms with van der Waals surface area (Å²) in [6.45, 7) is 2.04. The first-order valence-electron chi connectivity index (χ1n) is 4.55. The molecule has 2 nitrogen and oxygen atoms in total. The van der Waals surface area contributed by atoms with Gasteiger partial charge in [-0.15, -0.1) is 0 Å². The van der Waals surface area contributed by atoms with Gasteiger partial charge in [-0.3, -0.25) is 0 Å². The van der Waals surface area contributed by atoms with Crippen molar-refractivity contribution in [3.05, 3.63) is 35.9 Å². The zero-order valence-electron chi connectivity index (χ0n) is 8.49. The van der Waals surface area contributed by atoms with Gasteiger partial charge in [-0.2, -0.15) is 0 Å². The summed E-state index contributed by atoms with van der Waals surface area (Å²) < 4.78 is 19.1. The maximum atomic E-state index is 11.6. The van der Waals surface area contributed by atoms with Crippen molar-refractivity contribution in [3.63, 3.8) is 0 Å². The molecule has 0 fully saturated rings. The summed E-state index contributed by atoms with van der Waals surface area (Å²) in [6, 6.07) is 7.35. The summed E-state index contributed by atoms with van der Waals surface area (Å²) in [7, 11) is -2.62. The molecule has 1 rings (SSSR count). The van der Waals surface area contributed by atoms with Gasteiger partial charge < -0.3 is 0 Å². The molecule has 0 aliphatic heterocycles. The van der Waals surface area contributed by atoms with Crippen LogP contribution in [0.25, 0.3) is 6.08 Å². The zero-order chi connectivity index (χ0) is 10.6. The van der Waals surface area contributed by atoms with E-state index in [-0.39, 0.29) is 0 Å². The van der Waals surface area contributed by atoms with Gasteiger partial charge in [0.2, 0.25) is 0 Å². The van der Waals surface area contributed by atoms with Gasteiger partial charge >= 0.3 is 0 Å². The molecular formula is C11H15NOS. The third kappa shape index (κ3) is 2.70. The molecular weight excluding hydrogens is 194 g/mol. The molecule has 0 bridgehead atoms. The average Bonchev–Trinajstić information content (AvgIpc) is 2.14. The third-order valence-electron chi connectivity index (χ3n) is 1.87. The number of benzene rings is 1. The van der Waals surface area contributed by atoms with Gasteiger partial charge in [0.05, 0.1) is 14.6 Å². The summed E-state index contributed by atoms with van der Waals surface area (Å²) in [5, 5.41) is 0. The molecule has 0 saturated carbocycles. The Morgan fingerprint density at radius 1 is 1.43 bits per heavy atom. The molecule has 1 atom stereocenters. The Balaban J connectivity index is 3.24. The molecule has 0 heterocycles. The number of rotatable bonds is 3. The molecule has 0 amide bonds. The largest absolute Gasteiger partial charge is 0.249 e. The molecule has 1 aromatic rings. The number of allylic oxidation sites excluding steroid dienone is 1. The summed E-state index contributed by atoms with van der Waals surface area (Å²) in [5.41, 5.74) is 0.886. The summed E-state index contributed by atoms with van der Waals surface area (Å²) in [4.78, 5) is 0.615. The smallest absolute Gasteiger partial charge is 0.0702 e. The number of nitrogens with one attached hydrogen (secondary N) is 1. The van der Waals surface area contributed by atoms with Crippen LogP contribution in [-0.4, -0.2) is 10.5 Å². The van der Waals surface area contributed by atoms with Gasteiger partial charge in [0.15, 0.2) is 0 Å². The maximum Gasteiger partial charge on any atom is 0.0702 e. The van der Waals surface area contributed by atoms with E-state index in [0.717, 1.165) is 12.0 Å². The minimum Gasteiger partial charge on any atom is -0.249 e. The molecule has 0 aromatic heterocycles. The van der Waals surface area contributed by atoms with Crippen molar-refractivity contribution in [1.29, 1.82) is 4.78 Å². The van der Waals surface area contributed by atoms with Crippen LogP contribution in [0.5, 0.6) is 0 Å². The minimum atomic E-state index is -2.62. The van der Waals surface area contributed by atoms with Crippen LogP contribution in [0.1, 0.15) is 18.9 Å². The van der Waals surface area contributed by atoms with E-state index in [4.69, 9.17) is 4.78 Å². The number of hydrogen-bond donors (Lipinski definition) is 1. The minimum absolute atomic E-state index is 0.615. The average molecular weight is 209 g/mol. The van der Waals surface area contributed by atoms with Crippen LogP contribution in [-0.2, 0) is 9.73 Å². The van der Waals surface area contributed by atoms with Crippen molar-refractivity contribution < 1.29 is 4.21 Å². The van der Waals surface area contributed by atoms with Gasteiger partial charge in [-0.05, 0) is 18.1 Å². The van der Waals surface area contributed by atoms with Gasteiger partial charge in [-0.25, -0.2) is 8.99 Å². The van der Waals surface area contributed by atoms with Crippen LogP contribution in [0.2, 0.25) is 0 Å². The Kier molecular flexibility index (Phi) is 3.47. The van der Waals surface area contributed by atoms with E-state index in [2.05, 4.69) is 0 Å². The second-order valence-corrected chi connectivity index (χ2v) is 5.32. The predicted molar refractivity (Wildman–Crippen MR) is 60.8 cm³/mol. The third-order valence-corrected chi connectivity index (χ3v) is 3.08. The van der Waals surface area contributed by atoms with E-state index >= 15 is 0 Å². The van der Waals surface area contributed by atoms with Crippen molar-refractivity contribution in [1.82, 2.24) is 0 Å². The molecule has 1 aromatic carbocycles. The van der Waals surface area contributed by atoms with E-state index in [1.165, 1.54) is 6.26 Å². The molecule has 1 unspecified atom stereocenters. The van der Waals surface area contributed by atoms with E-state index in [1.807, 2.05) is 37.3 Å². The summed E-state index contributed by atoms with van der Waals surface area (Å²) in [6.07, 6.45) is 6.32. The maximum absolute atomic E-state index is 11.6. The van der Waals surface area contributed by atoms with Gasteiger partial charge in [0, 0.05) is 6.26 Å². The lowest BCUT2D eigenvalue weighted by atomic mass is 10.2. The highest BCUT2D eigenvalue weighted by Gasteiger charge is 2.06.